The Morgan fingerprint density at radius 1 is 1.39 bits per heavy atom. The summed E-state index contributed by atoms with van der Waals surface area (Å²) in [7, 11) is 0. The molecule has 1 heterocycles. The van der Waals surface area contributed by atoms with Crippen LogP contribution in [-0.2, 0) is 0 Å². The van der Waals surface area contributed by atoms with Crippen LogP contribution in [0.3, 0.4) is 0 Å². The number of rotatable bonds is 6. The van der Waals surface area contributed by atoms with Gasteiger partial charge in [-0.05, 0) is 52.7 Å². The van der Waals surface area contributed by atoms with Gasteiger partial charge in [-0.15, -0.1) is 11.3 Å². The normalized spacial score (nSPS) is 19.0. The van der Waals surface area contributed by atoms with E-state index in [1.165, 1.54) is 54.3 Å². The van der Waals surface area contributed by atoms with Gasteiger partial charge in [-0.2, -0.15) is 0 Å². The van der Waals surface area contributed by atoms with Crippen molar-refractivity contribution in [3.05, 3.63) is 20.8 Å². The van der Waals surface area contributed by atoms with Crippen LogP contribution >= 0.6 is 27.3 Å². The van der Waals surface area contributed by atoms with Crippen LogP contribution in [0, 0.1) is 5.92 Å². The van der Waals surface area contributed by atoms with Gasteiger partial charge in [0.15, 0.2) is 0 Å². The fraction of sp³-hybridized carbons (Fsp3) is 0.733. The lowest BCUT2D eigenvalue weighted by Crippen LogP contribution is -2.21. The van der Waals surface area contributed by atoms with E-state index in [1.807, 2.05) is 11.3 Å². The highest BCUT2D eigenvalue weighted by molar-refractivity contribution is 9.10. The Hall–Kier alpha value is 0.140. The third kappa shape index (κ3) is 4.07. The minimum absolute atomic E-state index is 0.548. The maximum Gasteiger partial charge on any atom is 0.0426 e. The summed E-state index contributed by atoms with van der Waals surface area (Å²) in [6, 6.07) is 2.72. The molecular weight excluding hydrogens is 306 g/mol. The summed E-state index contributed by atoms with van der Waals surface area (Å²) in [5.74, 6) is 0.985. The second-order valence-electron chi connectivity index (χ2n) is 5.32. The van der Waals surface area contributed by atoms with Crippen molar-refractivity contribution < 1.29 is 0 Å². The lowest BCUT2D eigenvalue weighted by Gasteiger charge is -2.24. The lowest BCUT2D eigenvalue weighted by molar-refractivity contribution is 0.316. The summed E-state index contributed by atoms with van der Waals surface area (Å²) in [6.07, 6.45) is 9.98. The van der Waals surface area contributed by atoms with E-state index in [1.54, 1.807) is 0 Å². The topological polar surface area (TPSA) is 12.0 Å². The molecule has 1 aliphatic carbocycles. The van der Waals surface area contributed by atoms with E-state index in [9.17, 15) is 0 Å². The van der Waals surface area contributed by atoms with Crippen LogP contribution in [0.2, 0.25) is 0 Å². The van der Waals surface area contributed by atoms with Crippen LogP contribution in [-0.4, -0.2) is 6.54 Å². The Morgan fingerprint density at radius 2 is 2.17 bits per heavy atom. The van der Waals surface area contributed by atoms with E-state index in [2.05, 4.69) is 39.6 Å². The Labute approximate surface area is 123 Å². The first-order valence-electron chi connectivity index (χ1n) is 7.27. The van der Waals surface area contributed by atoms with Crippen molar-refractivity contribution in [2.24, 2.45) is 5.92 Å². The van der Waals surface area contributed by atoms with Crippen molar-refractivity contribution in [2.45, 2.75) is 57.9 Å². The van der Waals surface area contributed by atoms with E-state index in [-0.39, 0.29) is 0 Å². The third-order valence-corrected chi connectivity index (χ3v) is 5.98. The first-order chi connectivity index (χ1) is 8.81. The molecule has 1 aliphatic rings. The van der Waals surface area contributed by atoms with Gasteiger partial charge in [-0.25, -0.2) is 0 Å². The van der Waals surface area contributed by atoms with Crippen molar-refractivity contribution in [2.75, 3.05) is 6.54 Å². The molecule has 0 radical (unpaired) electrons. The molecule has 0 aliphatic heterocycles. The molecule has 0 aromatic carbocycles. The number of hydrogen-bond donors (Lipinski definition) is 1. The van der Waals surface area contributed by atoms with E-state index in [0.29, 0.717) is 6.04 Å². The van der Waals surface area contributed by atoms with Crippen LogP contribution in [0.25, 0.3) is 0 Å². The predicted octanol–water partition coefficient (Wildman–Crippen LogP) is 5.52. The van der Waals surface area contributed by atoms with Crippen molar-refractivity contribution in [3.63, 3.8) is 0 Å². The maximum atomic E-state index is 3.67. The zero-order chi connectivity index (χ0) is 12.8. The summed E-state index contributed by atoms with van der Waals surface area (Å²) in [5.41, 5.74) is 0. The van der Waals surface area contributed by atoms with Gasteiger partial charge in [0.05, 0.1) is 0 Å². The average Bonchev–Trinajstić information content (AvgIpc) is 2.82. The largest absolute Gasteiger partial charge is 0.309 e. The first-order valence-corrected chi connectivity index (χ1v) is 8.94. The van der Waals surface area contributed by atoms with Crippen LogP contribution in [0.1, 0.15) is 62.8 Å². The van der Waals surface area contributed by atoms with Gasteiger partial charge in [-0.3, -0.25) is 0 Å². The molecule has 1 fully saturated rings. The molecule has 1 atom stereocenters. The molecule has 1 N–H and O–H groups in total. The fourth-order valence-corrected chi connectivity index (χ4v) is 4.77. The molecule has 1 saturated carbocycles. The van der Waals surface area contributed by atoms with Crippen molar-refractivity contribution in [1.82, 2.24) is 5.32 Å². The van der Waals surface area contributed by atoms with Crippen molar-refractivity contribution in [3.8, 4) is 0 Å². The second-order valence-corrected chi connectivity index (χ2v) is 7.13. The Morgan fingerprint density at radius 3 is 2.78 bits per heavy atom. The summed E-state index contributed by atoms with van der Waals surface area (Å²) in [4.78, 5) is 1.48. The summed E-state index contributed by atoms with van der Waals surface area (Å²) < 4.78 is 1.28. The van der Waals surface area contributed by atoms with Gasteiger partial charge in [0.1, 0.15) is 0 Å². The zero-order valence-corrected chi connectivity index (χ0v) is 13.7. The molecule has 1 aromatic rings. The van der Waals surface area contributed by atoms with Gasteiger partial charge in [0, 0.05) is 15.4 Å². The smallest absolute Gasteiger partial charge is 0.0426 e. The molecule has 0 amide bonds. The standard InChI is InChI=1S/C15H24BrNS/c1-2-17-14(15-13(16)10-11-18-15)9-8-12-6-4-3-5-7-12/h10-12,14,17H,2-9H2,1H3. The number of halogens is 1. The fourth-order valence-electron chi connectivity index (χ4n) is 3.00. The number of nitrogens with one attached hydrogen (secondary N) is 1. The van der Waals surface area contributed by atoms with E-state index in [0.717, 1.165) is 12.5 Å². The maximum absolute atomic E-state index is 3.67. The molecule has 3 heteroatoms. The molecule has 1 nitrogen and oxygen atoms in total. The zero-order valence-electron chi connectivity index (χ0n) is 11.3. The van der Waals surface area contributed by atoms with Gasteiger partial charge in [0.2, 0.25) is 0 Å². The summed E-state index contributed by atoms with van der Waals surface area (Å²) in [5, 5.41) is 5.83. The molecule has 18 heavy (non-hydrogen) atoms. The highest BCUT2D eigenvalue weighted by Gasteiger charge is 2.19. The van der Waals surface area contributed by atoms with E-state index in [4.69, 9.17) is 0 Å². The van der Waals surface area contributed by atoms with Crippen LogP contribution < -0.4 is 5.32 Å². The van der Waals surface area contributed by atoms with Crippen molar-refractivity contribution >= 4 is 27.3 Å². The molecule has 0 spiro atoms. The van der Waals surface area contributed by atoms with E-state index < -0.39 is 0 Å². The Balaban J connectivity index is 1.88. The second kappa shape index (κ2) is 7.66. The minimum Gasteiger partial charge on any atom is -0.309 e. The molecular formula is C15H24BrNS. The summed E-state index contributed by atoms with van der Waals surface area (Å²) in [6.45, 7) is 3.26. The van der Waals surface area contributed by atoms with Gasteiger partial charge >= 0.3 is 0 Å². The monoisotopic (exact) mass is 329 g/mol. The third-order valence-electron chi connectivity index (χ3n) is 4.00. The number of thiophene rings is 1. The average molecular weight is 330 g/mol. The quantitative estimate of drug-likeness (QED) is 0.724. The van der Waals surface area contributed by atoms with E-state index >= 15 is 0 Å². The van der Waals surface area contributed by atoms with Gasteiger partial charge in [0.25, 0.3) is 0 Å². The highest BCUT2D eigenvalue weighted by Crippen LogP contribution is 2.34. The molecule has 2 rings (SSSR count). The van der Waals surface area contributed by atoms with Crippen molar-refractivity contribution in [1.29, 1.82) is 0 Å². The SMILES string of the molecule is CCNC(CCC1CCCCC1)c1sccc1Br. The Kier molecular flexibility index (Phi) is 6.19. The molecule has 102 valence electrons. The van der Waals surface area contributed by atoms with Gasteiger partial charge < -0.3 is 5.32 Å². The van der Waals surface area contributed by atoms with Gasteiger partial charge in [-0.1, -0.05) is 39.0 Å². The molecule has 0 saturated heterocycles. The van der Waals surface area contributed by atoms with Crippen LogP contribution in [0.5, 0.6) is 0 Å². The number of hydrogen-bond acceptors (Lipinski definition) is 2. The highest BCUT2D eigenvalue weighted by atomic mass is 79.9. The van der Waals surface area contributed by atoms with Crippen LogP contribution in [0.15, 0.2) is 15.9 Å². The Bertz CT molecular complexity index is 344. The lowest BCUT2D eigenvalue weighted by atomic mass is 9.85. The molecule has 0 bridgehead atoms. The minimum atomic E-state index is 0.548. The predicted molar refractivity (Wildman–Crippen MR) is 84.2 cm³/mol. The summed E-state index contributed by atoms with van der Waals surface area (Å²) >= 11 is 5.55. The van der Waals surface area contributed by atoms with Crippen LogP contribution in [0.4, 0.5) is 0 Å². The molecule has 1 aromatic heterocycles. The molecule has 1 unspecified atom stereocenters. The first kappa shape index (κ1) is 14.5.